The molecule has 1 aromatic heterocycles. The lowest BCUT2D eigenvalue weighted by molar-refractivity contribution is -0.119. The van der Waals surface area contributed by atoms with E-state index in [1.165, 1.54) is 11.1 Å². The van der Waals surface area contributed by atoms with Gasteiger partial charge in [-0.05, 0) is 30.9 Å². The fraction of sp³-hybridized carbons (Fsp3) is 0.400. The van der Waals surface area contributed by atoms with Gasteiger partial charge in [-0.1, -0.05) is 36.3 Å². The molecule has 2 aromatic rings. The Morgan fingerprint density at radius 2 is 2.26 bits per heavy atom. The van der Waals surface area contributed by atoms with Crippen LogP contribution in [0.3, 0.4) is 0 Å². The summed E-state index contributed by atoms with van der Waals surface area (Å²) in [6, 6.07) is 8.29. The zero-order valence-electron chi connectivity index (χ0n) is 11.1. The third-order valence-electron chi connectivity index (χ3n) is 3.82. The highest BCUT2D eigenvalue weighted by atomic mass is 16.5. The molecule has 98 valence electrons. The maximum atomic E-state index is 11.5. The molecule has 0 saturated carbocycles. The minimum absolute atomic E-state index is 0.0757. The van der Waals surface area contributed by atoms with Gasteiger partial charge in [0.2, 0.25) is 5.89 Å². The van der Waals surface area contributed by atoms with Gasteiger partial charge in [-0.3, -0.25) is 4.79 Å². The molecular weight excluding hydrogens is 240 g/mol. The summed E-state index contributed by atoms with van der Waals surface area (Å²) >= 11 is 0. The van der Waals surface area contributed by atoms with E-state index in [2.05, 4.69) is 22.3 Å². The summed E-state index contributed by atoms with van der Waals surface area (Å²) in [5.41, 5.74) is 2.61. The molecule has 0 bridgehead atoms. The maximum Gasteiger partial charge on any atom is 0.237 e. The third kappa shape index (κ3) is 1.97. The number of carbonyl (C=O) groups excluding carboxylic acids is 1. The number of carbonyl (C=O) groups is 1. The standard InChI is InChI=1S/C15H16N2O2/c1-3-11(9(2)18)15-16-14(17-19-15)13-8-10-6-4-5-7-12(10)13/h4-7,11,13H,3,8H2,1-2H3. The number of rotatable bonds is 4. The predicted molar refractivity (Wildman–Crippen MR) is 70.0 cm³/mol. The van der Waals surface area contributed by atoms with E-state index in [9.17, 15) is 4.79 Å². The number of fused-ring (bicyclic) bond motifs is 1. The minimum atomic E-state index is -0.267. The lowest BCUT2D eigenvalue weighted by Crippen LogP contribution is -2.19. The average molecular weight is 256 g/mol. The molecule has 1 aromatic carbocycles. The molecule has 19 heavy (non-hydrogen) atoms. The first-order chi connectivity index (χ1) is 9.20. The van der Waals surface area contributed by atoms with E-state index in [1.807, 2.05) is 19.1 Å². The second kappa shape index (κ2) is 4.61. The molecule has 1 aliphatic carbocycles. The highest BCUT2D eigenvalue weighted by Gasteiger charge is 2.32. The van der Waals surface area contributed by atoms with Gasteiger partial charge in [-0.2, -0.15) is 4.98 Å². The first-order valence-electron chi connectivity index (χ1n) is 6.62. The van der Waals surface area contributed by atoms with E-state index in [0.29, 0.717) is 18.1 Å². The second-order valence-corrected chi connectivity index (χ2v) is 5.02. The van der Waals surface area contributed by atoms with Crippen LogP contribution in [0, 0.1) is 0 Å². The molecule has 0 N–H and O–H groups in total. The number of aromatic nitrogens is 2. The molecule has 4 heteroatoms. The van der Waals surface area contributed by atoms with Crippen LogP contribution in [0.25, 0.3) is 0 Å². The summed E-state index contributed by atoms with van der Waals surface area (Å²) < 4.78 is 5.27. The molecule has 0 saturated heterocycles. The van der Waals surface area contributed by atoms with E-state index in [-0.39, 0.29) is 17.6 Å². The van der Waals surface area contributed by atoms with Crippen molar-refractivity contribution in [1.82, 2.24) is 10.1 Å². The van der Waals surface area contributed by atoms with Crippen molar-refractivity contribution in [2.75, 3.05) is 0 Å². The van der Waals surface area contributed by atoms with E-state index >= 15 is 0 Å². The molecular formula is C15H16N2O2. The molecule has 0 fully saturated rings. The van der Waals surface area contributed by atoms with Crippen LogP contribution in [0.2, 0.25) is 0 Å². The summed E-state index contributed by atoms with van der Waals surface area (Å²) in [4.78, 5) is 15.9. The van der Waals surface area contributed by atoms with Crippen LogP contribution in [-0.2, 0) is 11.2 Å². The Morgan fingerprint density at radius 3 is 2.95 bits per heavy atom. The average Bonchev–Trinajstić information content (AvgIpc) is 2.80. The number of benzene rings is 1. The summed E-state index contributed by atoms with van der Waals surface area (Å²) in [5, 5.41) is 4.05. The number of nitrogens with zero attached hydrogens (tertiary/aromatic N) is 2. The predicted octanol–water partition coefficient (Wildman–Crippen LogP) is 2.84. The fourth-order valence-corrected chi connectivity index (χ4v) is 2.66. The highest BCUT2D eigenvalue weighted by Crippen LogP contribution is 2.38. The summed E-state index contributed by atoms with van der Waals surface area (Å²) in [7, 11) is 0. The van der Waals surface area contributed by atoms with Gasteiger partial charge in [0.05, 0.1) is 11.8 Å². The third-order valence-corrected chi connectivity index (χ3v) is 3.82. The zero-order valence-corrected chi connectivity index (χ0v) is 11.1. The lowest BCUT2D eigenvalue weighted by atomic mass is 9.77. The van der Waals surface area contributed by atoms with Gasteiger partial charge in [-0.25, -0.2) is 0 Å². The normalized spacial score (nSPS) is 18.5. The molecule has 0 amide bonds. The van der Waals surface area contributed by atoms with Gasteiger partial charge in [-0.15, -0.1) is 0 Å². The van der Waals surface area contributed by atoms with Gasteiger partial charge in [0.25, 0.3) is 0 Å². The van der Waals surface area contributed by atoms with Crippen molar-refractivity contribution in [2.45, 2.75) is 38.5 Å². The zero-order chi connectivity index (χ0) is 13.4. The Morgan fingerprint density at radius 1 is 1.47 bits per heavy atom. The number of hydrogen-bond acceptors (Lipinski definition) is 4. The maximum absolute atomic E-state index is 11.5. The van der Waals surface area contributed by atoms with Crippen molar-refractivity contribution < 1.29 is 9.32 Å². The molecule has 3 rings (SSSR count). The first kappa shape index (κ1) is 12.1. The largest absolute Gasteiger partial charge is 0.339 e. The van der Waals surface area contributed by atoms with E-state index < -0.39 is 0 Å². The van der Waals surface area contributed by atoms with Crippen LogP contribution in [0.15, 0.2) is 28.8 Å². The SMILES string of the molecule is CCC(C(C)=O)c1nc(C2Cc3ccccc32)no1. The lowest BCUT2D eigenvalue weighted by Gasteiger charge is -2.27. The summed E-state index contributed by atoms with van der Waals surface area (Å²) in [6.45, 7) is 3.52. The molecule has 2 atom stereocenters. The van der Waals surface area contributed by atoms with Gasteiger partial charge < -0.3 is 4.52 Å². The van der Waals surface area contributed by atoms with Crippen LogP contribution < -0.4 is 0 Å². The van der Waals surface area contributed by atoms with Crippen molar-refractivity contribution in [3.63, 3.8) is 0 Å². The van der Waals surface area contributed by atoms with Crippen molar-refractivity contribution in [3.05, 3.63) is 47.1 Å². The monoisotopic (exact) mass is 256 g/mol. The van der Waals surface area contributed by atoms with Crippen LogP contribution in [0.4, 0.5) is 0 Å². The molecule has 0 spiro atoms. The first-order valence-corrected chi connectivity index (χ1v) is 6.62. The van der Waals surface area contributed by atoms with Crippen molar-refractivity contribution in [2.24, 2.45) is 0 Å². The number of ketones is 1. The van der Waals surface area contributed by atoms with Gasteiger partial charge in [0.1, 0.15) is 5.78 Å². The summed E-state index contributed by atoms with van der Waals surface area (Å²) in [6.07, 6.45) is 1.64. The molecule has 2 unspecified atom stereocenters. The van der Waals surface area contributed by atoms with E-state index in [1.54, 1.807) is 6.92 Å². The quantitative estimate of drug-likeness (QED) is 0.844. The fourth-order valence-electron chi connectivity index (χ4n) is 2.66. The topological polar surface area (TPSA) is 56.0 Å². The van der Waals surface area contributed by atoms with Crippen LogP contribution in [-0.4, -0.2) is 15.9 Å². The van der Waals surface area contributed by atoms with Crippen LogP contribution in [0.1, 0.15) is 54.9 Å². The van der Waals surface area contributed by atoms with E-state index in [0.717, 1.165) is 6.42 Å². The Balaban J connectivity index is 1.86. The highest BCUT2D eigenvalue weighted by molar-refractivity contribution is 5.82. The van der Waals surface area contributed by atoms with Crippen LogP contribution >= 0.6 is 0 Å². The smallest absolute Gasteiger partial charge is 0.237 e. The molecule has 1 heterocycles. The minimum Gasteiger partial charge on any atom is -0.339 e. The number of Topliss-reactive ketones (excluding diaryl/α,β-unsaturated/α-hetero) is 1. The van der Waals surface area contributed by atoms with Gasteiger partial charge >= 0.3 is 0 Å². The molecule has 1 aliphatic rings. The van der Waals surface area contributed by atoms with Crippen LogP contribution in [0.5, 0.6) is 0 Å². The number of hydrogen-bond donors (Lipinski definition) is 0. The Bertz CT molecular complexity index is 618. The molecule has 0 radical (unpaired) electrons. The van der Waals surface area contributed by atoms with Crippen molar-refractivity contribution in [1.29, 1.82) is 0 Å². The molecule has 4 nitrogen and oxygen atoms in total. The Labute approximate surface area is 111 Å². The molecule has 0 aliphatic heterocycles. The van der Waals surface area contributed by atoms with Crippen molar-refractivity contribution in [3.8, 4) is 0 Å². The van der Waals surface area contributed by atoms with Gasteiger partial charge in [0, 0.05) is 0 Å². The van der Waals surface area contributed by atoms with E-state index in [4.69, 9.17) is 4.52 Å². The Kier molecular flexibility index (Phi) is 2.93. The second-order valence-electron chi connectivity index (χ2n) is 5.02. The van der Waals surface area contributed by atoms with Gasteiger partial charge in [0.15, 0.2) is 5.82 Å². The Hall–Kier alpha value is -1.97. The van der Waals surface area contributed by atoms with Crippen molar-refractivity contribution >= 4 is 5.78 Å². The summed E-state index contributed by atoms with van der Waals surface area (Å²) in [5.74, 6) is 1.18.